The summed E-state index contributed by atoms with van der Waals surface area (Å²) in [4.78, 5) is 5.19. The molecule has 0 amide bonds. The fourth-order valence-corrected chi connectivity index (χ4v) is 14.8. The Morgan fingerprint density at radius 1 is 0.961 bits per heavy atom. The van der Waals surface area contributed by atoms with Crippen LogP contribution >= 0.6 is 0 Å². The zero-order valence-electron chi connectivity index (χ0n) is 33.7. The van der Waals surface area contributed by atoms with Crippen molar-refractivity contribution in [1.82, 2.24) is 9.80 Å². The lowest BCUT2D eigenvalue weighted by atomic mass is 9.43. The van der Waals surface area contributed by atoms with Gasteiger partial charge in [-0.1, -0.05) is 27.7 Å². The largest absolute Gasteiger partial charge is 0.388 e. The van der Waals surface area contributed by atoms with Gasteiger partial charge in [0, 0.05) is 44.4 Å². The average Bonchev–Trinajstić information content (AvgIpc) is 3.64. The first-order chi connectivity index (χ1) is 23.7. The number of likely N-dealkylation sites (tertiary alicyclic amines) is 1. The summed E-state index contributed by atoms with van der Waals surface area (Å²) in [7, 11) is 0. The molecule has 3 saturated heterocycles. The quantitative estimate of drug-likeness (QED) is 0.328. The molecular formula is C42H73N3O6. The van der Waals surface area contributed by atoms with Crippen molar-refractivity contribution in [2.24, 2.45) is 51.1 Å². The highest BCUT2D eigenvalue weighted by Crippen LogP contribution is 2.87. The smallest absolute Gasteiger partial charge is 0.170 e. The van der Waals surface area contributed by atoms with Crippen LogP contribution < -0.4 is 5.73 Å². The van der Waals surface area contributed by atoms with Gasteiger partial charge in [-0.15, -0.1) is 0 Å². The van der Waals surface area contributed by atoms with Crippen LogP contribution in [0.25, 0.3) is 0 Å². The Morgan fingerprint density at radius 3 is 2.31 bits per heavy atom. The molecule has 8 rings (SSSR count). The first kappa shape index (κ1) is 37.6. The summed E-state index contributed by atoms with van der Waals surface area (Å²) in [5.74, 6) is 1.37. The maximum absolute atomic E-state index is 12.5. The number of ether oxygens (including phenoxy) is 4. The number of hydrogen-bond donors (Lipinski definition) is 3. The summed E-state index contributed by atoms with van der Waals surface area (Å²) in [6.07, 6.45) is 6.99. The molecular weight excluding hydrogens is 642 g/mol. The van der Waals surface area contributed by atoms with Crippen molar-refractivity contribution in [3.8, 4) is 0 Å². The number of nitrogens with two attached hydrogens (primary N) is 1. The Bertz CT molecular complexity index is 1330. The third kappa shape index (κ3) is 5.24. The summed E-state index contributed by atoms with van der Waals surface area (Å²) in [5, 5.41) is 23.6. The van der Waals surface area contributed by atoms with E-state index < -0.39 is 23.3 Å². The Morgan fingerprint density at radius 2 is 1.65 bits per heavy atom. The van der Waals surface area contributed by atoms with Gasteiger partial charge in [-0.2, -0.15) is 0 Å². The standard InChI is InChI=1S/C42H73N3O6/c1-11-48-35(38(8,9)47)27-20-25(2)32-33(50-27)34(46)42(43)29-13-12-28-37(6,7)30(14-15-40(28)24-41(29,40)17-16-39(32,42)10)51-31-23-44(18-19-49-31)26-21-45(22-26)36(3,4)5/h25-35,46-47H,11-24,43H2,1-10H3. The molecule has 51 heavy (non-hydrogen) atoms. The van der Waals surface area contributed by atoms with E-state index in [1.54, 1.807) is 0 Å². The molecule has 0 aromatic heterocycles. The van der Waals surface area contributed by atoms with Gasteiger partial charge in [-0.3, -0.25) is 9.80 Å². The summed E-state index contributed by atoms with van der Waals surface area (Å²) in [6.45, 7) is 27.6. The Balaban J connectivity index is 0.983. The van der Waals surface area contributed by atoms with Gasteiger partial charge in [0.15, 0.2) is 6.29 Å². The van der Waals surface area contributed by atoms with Gasteiger partial charge in [0.05, 0.1) is 42.2 Å². The lowest BCUT2D eigenvalue weighted by molar-refractivity contribution is -0.252. The van der Waals surface area contributed by atoms with E-state index in [1.165, 1.54) is 19.3 Å². The van der Waals surface area contributed by atoms with Gasteiger partial charge in [-0.25, -0.2) is 0 Å². The van der Waals surface area contributed by atoms with Crippen LogP contribution in [0.1, 0.15) is 121 Å². The molecule has 9 nitrogen and oxygen atoms in total. The van der Waals surface area contributed by atoms with E-state index in [0.29, 0.717) is 24.5 Å². The highest BCUT2D eigenvalue weighted by atomic mass is 16.7. The van der Waals surface area contributed by atoms with Crippen molar-refractivity contribution in [3.63, 3.8) is 0 Å². The van der Waals surface area contributed by atoms with Crippen molar-refractivity contribution in [3.05, 3.63) is 0 Å². The minimum Gasteiger partial charge on any atom is -0.388 e. The van der Waals surface area contributed by atoms with E-state index in [1.807, 2.05) is 20.8 Å². The minimum absolute atomic E-state index is 0.0406. The molecule has 0 aromatic carbocycles. The Hall–Kier alpha value is -0.360. The van der Waals surface area contributed by atoms with Gasteiger partial charge in [0.1, 0.15) is 6.10 Å². The zero-order valence-corrected chi connectivity index (χ0v) is 33.7. The molecule has 4 N–H and O–H groups in total. The summed E-state index contributed by atoms with van der Waals surface area (Å²) in [6, 6.07) is 0.602. The number of fused-ring (bicyclic) bond motifs is 4. The van der Waals surface area contributed by atoms with Crippen molar-refractivity contribution in [1.29, 1.82) is 0 Å². The van der Waals surface area contributed by atoms with Gasteiger partial charge < -0.3 is 34.9 Å². The van der Waals surface area contributed by atoms with E-state index >= 15 is 0 Å². The minimum atomic E-state index is -1.04. The predicted octanol–water partition coefficient (Wildman–Crippen LogP) is 5.19. The van der Waals surface area contributed by atoms with Crippen LogP contribution in [0, 0.1) is 45.3 Å². The van der Waals surface area contributed by atoms with Crippen molar-refractivity contribution >= 4 is 0 Å². The van der Waals surface area contributed by atoms with Crippen LogP contribution in [0.3, 0.4) is 0 Å². The number of hydrogen-bond acceptors (Lipinski definition) is 9. The highest BCUT2D eigenvalue weighted by molar-refractivity contribution is 5.35. The van der Waals surface area contributed by atoms with Crippen LogP contribution in [-0.4, -0.2) is 119 Å². The van der Waals surface area contributed by atoms with Crippen LogP contribution in [0.4, 0.5) is 0 Å². The summed E-state index contributed by atoms with van der Waals surface area (Å²) < 4.78 is 26.4. The third-order valence-corrected chi connectivity index (χ3v) is 17.3. The molecule has 5 saturated carbocycles. The molecule has 8 fully saturated rings. The van der Waals surface area contributed by atoms with Crippen LogP contribution in [0.15, 0.2) is 0 Å². The van der Waals surface area contributed by atoms with Gasteiger partial charge in [0.2, 0.25) is 0 Å². The molecule has 2 spiro atoms. The zero-order chi connectivity index (χ0) is 36.7. The van der Waals surface area contributed by atoms with Gasteiger partial charge >= 0.3 is 0 Å². The maximum atomic E-state index is 12.5. The van der Waals surface area contributed by atoms with E-state index in [4.69, 9.17) is 24.7 Å². The van der Waals surface area contributed by atoms with Gasteiger partial charge in [0.25, 0.3) is 0 Å². The second kappa shape index (κ2) is 12.1. The molecule has 3 heterocycles. The lowest BCUT2D eigenvalue weighted by Gasteiger charge is -2.63. The molecule has 0 bridgehead atoms. The topological polar surface area (TPSA) is 110 Å². The first-order valence-electron chi connectivity index (χ1n) is 21.0. The van der Waals surface area contributed by atoms with E-state index in [2.05, 4.69) is 58.3 Å². The predicted molar refractivity (Wildman–Crippen MR) is 198 cm³/mol. The van der Waals surface area contributed by atoms with Crippen LogP contribution in [-0.2, 0) is 18.9 Å². The van der Waals surface area contributed by atoms with Crippen molar-refractivity contribution in [2.45, 2.75) is 180 Å². The Labute approximate surface area is 309 Å². The monoisotopic (exact) mass is 716 g/mol. The Kier molecular flexibility index (Phi) is 8.89. The SMILES string of the molecule is CCOC(C1CC(C)C2C(O1)C(O)C1(N)C3CCC4C(C)(C)C(OC5CN(C6CN(C(C)(C)C)C6)CCO5)CCC45CC35CCC21C)C(C)(C)O. The average molecular weight is 716 g/mol. The molecule has 14 atom stereocenters. The number of aliphatic hydroxyl groups is 2. The van der Waals surface area contributed by atoms with Crippen molar-refractivity contribution < 1.29 is 29.2 Å². The molecule has 14 unspecified atom stereocenters. The van der Waals surface area contributed by atoms with E-state index in [0.717, 1.165) is 64.9 Å². The second-order valence-electron chi connectivity index (χ2n) is 21.4. The fourth-order valence-electron chi connectivity index (χ4n) is 14.8. The maximum Gasteiger partial charge on any atom is 0.170 e. The van der Waals surface area contributed by atoms with Gasteiger partial charge in [-0.05, 0) is 138 Å². The van der Waals surface area contributed by atoms with Crippen molar-refractivity contribution in [2.75, 3.05) is 39.4 Å². The molecule has 5 aliphatic carbocycles. The normalized spacial score (nSPS) is 50.6. The number of aliphatic hydroxyl groups excluding tert-OH is 1. The molecule has 0 radical (unpaired) electrons. The van der Waals surface area contributed by atoms with Crippen LogP contribution in [0.5, 0.6) is 0 Å². The first-order valence-corrected chi connectivity index (χ1v) is 21.0. The molecule has 9 heteroatoms. The molecule has 0 aromatic rings. The number of rotatable bonds is 7. The summed E-state index contributed by atoms with van der Waals surface area (Å²) >= 11 is 0. The lowest BCUT2D eigenvalue weighted by Crippen LogP contribution is -2.70. The molecule has 3 aliphatic heterocycles. The number of nitrogens with zero attached hydrogens (tertiary/aromatic N) is 2. The molecule has 8 aliphatic rings. The van der Waals surface area contributed by atoms with E-state index in [-0.39, 0.29) is 63.6 Å². The number of morpholine rings is 1. The van der Waals surface area contributed by atoms with Crippen LogP contribution in [0.2, 0.25) is 0 Å². The fraction of sp³-hybridized carbons (Fsp3) is 1.00. The third-order valence-electron chi connectivity index (χ3n) is 17.3. The molecule has 292 valence electrons. The van der Waals surface area contributed by atoms with E-state index in [9.17, 15) is 10.2 Å². The second-order valence-corrected chi connectivity index (χ2v) is 21.4. The highest BCUT2D eigenvalue weighted by Gasteiger charge is 2.85. The summed E-state index contributed by atoms with van der Waals surface area (Å²) in [5.41, 5.74) is 6.65.